The van der Waals surface area contributed by atoms with Crippen LogP contribution in [0.15, 0.2) is 17.8 Å². The van der Waals surface area contributed by atoms with Gasteiger partial charge in [-0.3, -0.25) is 9.59 Å². The van der Waals surface area contributed by atoms with E-state index in [0.717, 1.165) is 0 Å². The van der Waals surface area contributed by atoms with Crippen LogP contribution in [-0.2, 0) is 9.59 Å². The summed E-state index contributed by atoms with van der Waals surface area (Å²) in [6, 6.07) is 0. The van der Waals surface area contributed by atoms with Gasteiger partial charge in [-0.15, -0.1) is 6.58 Å². The Balaban J connectivity index is 4.00. The van der Waals surface area contributed by atoms with Gasteiger partial charge in [-0.25, -0.2) is 5.43 Å². The predicted molar refractivity (Wildman–Crippen MR) is 63.9 cm³/mol. The third-order valence-corrected chi connectivity index (χ3v) is 1.74. The summed E-state index contributed by atoms with van der Waals surface area (Å²) in [4.78, 5) is 22.4. The highest BCUT2D eigenvalue weighted by atomic mass is 16.2. The average molecular weight is 225 g/mol. The molecule has 2 amide bonds. The molecular weight excluding hydrogens is 206 g/mol. The Morgan fingerprint density at radius 3 is 2.56 bits per heavy atom. The number of nitrogens with one attached hydrogen (secondary N) is 2. The lowest BCUT2D eigenvalue weighted by Crippen LogP contribution is -2.27. The Bertz CT molecular complexity index is 296. The summed E-state index contributed by atoms with van der Waals surface area (Å²) in [5, 5.41) is 6.45. The van der Waals surface area contributed by atoms with Crippen LogP contribution in [0.1, 0.15) is 27.2 Å². The molecule has 0 aliphatic rings. The summed E-state index contributed by atoms with van der Waals surface area (Å²) in [5.74, 6) is -0.420. The van der Waals surface area contributed by atoms with E-state index in [1.54, 1.807) is 26.8 Å². The Hall–Kier alpha value is -1.65. The normalized spacial score (nSPS) is 11.1. The van der Waals surface area contributed by atoms with Gasteiger partial charge in [0.05, 0.1) is 6.42 Å². The highest BCUT2D eigenvalue weighted by molar-refractivity contribution is 6.00. The summed E-state index contributed by atoms with van der Waals surface area (Å²) in [5.41, 5.74) is 2.96. The number of hydrogen-bond acceptors (Lipinski definition) is 3. The molecular formula is C11H19N3O2. The molecule has 90 valence electrons. The number of hydrazone groups is 1. The van der Waals surface area contributed by atoms with Crippen LogP contribution in [0.25, 0.3) is 0 Å². The van der Waals surface area contributed by atoms with Crippen LogP contribution in [0, 0.1) is 5.92 Å². The van der Waals surface area contributed by atoms with Gasteiger partial charge in [-0.2, -0.15) is 5.10 Å². The lowest BCUT2D eigenvalue weighted by molar-refractivity contribution is -0.124. The van der Waals surface area contributed by atoms with Crippen molar-refractivity contribution in [3.8, 4) is 0 Å². The molecule has 0 fully saturated rings. The SMILES string of the molecule is C=CCNC(=O)C/C(C)=N/NC(=O)C(C)C. The molecule has 16 heavy (non-hydrogen) atoms. The van der Waals surface area contributed by atoms with E-state index in [2.05, 4.69) is 22.4 Å². The molecule has 0 aliphatic carbocycles. The molecule has 0 spiro atoms. The van der Waals surface area contributed by atoms with Crippen molar-refractivity contribution < 1.29 is 9.59 Å². The second kappa shape index (κ2) is 7.62. The number of rotatable bonds is 6. The van der Waals surface area contributed by atoms with Crippen LogP contribution in [0.4, 0.5) is 0 Å². The minimum Gasteiger partial charge on any atom is -0.352 e. The van der Waals surface area contributed by atoms with Crippen molar-refractivity contribution in [1.82, 2.24) is 10.7 Å². The van der Waals surface area contributed by atoms with Gasteiger partial charge in [0.25, 0.3) is 0 Å². The van der Waals surface area contributed by atoms with Crippen LogP contribution in [0.2, 0.25) is 0 Å². The van der Waals surface area contributed by atoms with E-state index in [9.17, 15) is 9.59 Å². The zero-order valence-corrected chi connectivity index (χ0v) is 10.0. The summed E-state index contributed by atoms with van der Waals surface area (Å²) < 4.78 is 0. The van der Waals surface area contributed by atoms with Crippen molar-refractivity contribution in [2.45, 2.75) is 27.2 Å². The maximum Gasteiger partial charge on any atom is 0.242 e. The Morgan fingerprint density at radius 1 is 1.44 bits per heavy atom. The Labute approximate surface area is 96.0 Å². The highest BCUT2D eigenvalue weighted by Crippen LogP contribution is 1.91. The van der Waals surface area contributed by atoms with Gasteiger partial charge in [-0.05, 0) is 6.92 Å². The minimum absolute atomic E-state index is 0.119. The van der Waals surface area contributed by atoms with E-state index in [1.807, 2.05) is 0 Å². The maximum absolute atomic E-state index is 11.2. The standard InChI is InChI=1S/C11H19N3O2/c1-5-6-12-10(15)7-9(4)13-14-11(16)8(2)3/h5,8H,1,6-7H2,2-4H3,(H,12,15)(H,14,16)/b13-9+. The van der Waals surface area contributed by atoms with Gasteiger partial charge < -0.3 is 5.32 Å². The van der Waals surface area contributed by atoms with Crippen molar-refractivity contribution in [2.24, 2.45) is 11.0 Å². The number of carbonyl (C=O) groups excluding carboxylic acids is 2. The lowest BCUT2D eigenvalue weighted by atomic mass is 10.2. The summed E-state index contributed by atoms with van der Waals surface area (Å²) in [7, 11) is 0. The zero-order chi connectivity index (χ0) is 12.6. The Morgan fingerprint density at radius 2 is 2.06 bits per heavy atom. The molecule has 0 aliphatic heterocycles. The van der Waals surface area contributed by atoms with Crippen LogP contribution >= 0.6 is 0 Å². The predicted octanol–water partition coefficient (Wildman–Crippen LogP) is 0.827. The van der Waals surface area contributed by atoms with Gasteiger partial charge in [0.1, 0.15) is 0 Å². The quantitative estimate of drug-likeness (QED) is 0.399. The van der Waals surface area contributed by atoms with Crippen LogP contribution in [0.5, 0.6) is 0 Å². The number of amides is 2. The third kappa shape index (κ3) is 6.75. The van der Waals surface area contributed by atoms with E-state index in [-0.39, 0.29) is 24.2 Å². The molecule has 0 radical (unpaired) electrons. The fourth-order valence-corrected chi connectivity index (χ4v) is 0.800. The zero-order valence-electron chi connectivity index (χ0n) is 10.0. The molecule has 0 aromatic carbocycles. The third-order valence-electron chi connectivity index (χ3n) is 1.74. The largest absolute Gasteiger partial charge is 0.352 e. The first-order valence-corrected chi connectivity index (χ1v) is 5.18. The molecule has 2 N–H and O–H groups in total. The van der Waals surface area contributed by atoms with Crippen molar-refractivity contribution in [1.29, 1.82) is 0 Å². The van der Waals surface area contributed by atoms with Crippen LogP contribution in [0.3, 0.4) is 0 Å². The van der Waals surface area contributed by atoms with Crippen molar-refractivity contribution in [3.63, 3.8) is 0 Å². The molecule has 5 nitrogen and oxygen atoms in total. The first-order chi connectivity index (χ1) is 7.47. The molecule has 0 atom stereocenters. The van der Waals surface area contributed by atoms with Gasteiger partial charge in [0.2, 0.25) is 11.8 Å². The molecule has 0 saturated heterocycles. The molecule has 0 bridgehead atoms. The molecule has 0 rings (SSSR count). The summed E-state index contributed by atoms with van der Waals surface area (Å²) >= 11 is 0. The number of carbonyl (C=O) groups is 2. The second-order valence-corrected chi connectivity index (χ2v) is 3.75. The van der Waals surface area contributed by atoms with Crippen LogP contribution < -0.4 is 10.7 Å². The van der Waals surface area contributed by atoms with Gasteiger partial charge in [-0.1, -0.05) is 19.9 Å². The fourth-order valence-electron chi connectivity index (χ4n) is 0.800. The maximum atomic E-state index is 11.2. The number of hydrogen-bond donors (Lipinski definition) is 2. The first-order valence-electron chi connectivity index (χ1n) is 5.18. The molecule has 0 saturated carbocycles. The second-order valence-electron chi connectivity index (χ2n) is 3.75. The summed E-state index contributed by atoms with van der Waals surface area (Å²) in [6.07, 6.45) is 1.77. The minimum atomic E-state index is -0.161. The number of nitrogens with zero attached hydrogens (tertiary/aromatic N) is 1. The van der Waals surface area contributed by atoms with Gasteiger partial charge in [0.15, 0.2) is 0 Å². The highest BCUT2D eigenvalue weighted by Gasteiger charge is 2.06. The Kier molecular flexibility index (Phi) is 6.83. The average Bonchev–Trinajstić information content (AvgIpc) is 2.22. The smallest absolute Gasteiger partial charge is 0.242 e. The lowest BCUT2D eigenvalue weighted by Gasteiger charge is -2.04. The molecule has 0 heterocycles. The molecule has 0 aromatic rings. The molecule has 0 unspecified atom stereocenters. The molecule has 5 heteroatoms. The van der Waals surface area contributed by atoms with Gasteiger partial charge in [0, 0.05) is 18.2 Å². The van der Waals surface area contributed by atoms with E-state index < -0.39 is 0 Å². The van der Waals surface area contributed by atoms with E-state index >= 15 is 0 Å². The molecule has 0 aromatic heterocycles. The topological polar surface area (TPSA) is 70.6 Å². The van der Waals surface area contributed by atoms with Gasteiger partial charge >= 0.3 is 0 Å². The van der Waals surface area contributed by atoms with E-state index in [0.29, 0.717) is 12.3 Å². The van der Waals surface area contributed by atoms with Crippen molar-refractivity contribution in [2.75, 3.05) is 6.54 Å². The first kappa shape index (κ1) is 14.3. The van der Waals surface area contributed by atoms with Crippen molar-refractivity contribution >= 4 is 17.5 Å². The fraction of sp³-hybridized carbons (Fsp3) is 0.545. The summed E-state index contributed by atoms with van der Waals surface area (Å²) in [6.45, 7) is 9.16. The van der Waals surface area contributed by atoms with E-state index in [1.165, 1.54) is 0 Å². The van der Waals surface area contributed by atoms with E-state index in [4.69, 9.17) is 0 Å². The monoisotopic (exact) mass is 225 g/mol. The van der Waals surface area contributed by atoms with Crippen molar-refractivity contribution in [3.05, 3.63) is 12.7 Å². The van der Waals surface area contributed by atoms with Crippen LogP contribution in [-0.4, -0.2) is 24.1 Å².